The number of ether oxygens (including phenoxy) is 1. The third-order valence-corrected chi connectivity index (χ3v) is 4.95. The molecule has 0 saturated carbocycles. The Morgan fingerprint density at radius 1 is 1.32 bits per heavy atom. The Labute approximate surface area is 122 Å². The molecule has 0 saturated heterocycles. The van der Waals surface area contributed by atoms with Gasteiger partial charge in [-0.15, -0.1) is 0 Å². The number of hydrogen-bond donors (Lipinski definition) is 1. The first-order valence-electron chi connectivity index (χ1n) is 6.59. The van der Waals surface area contributed by atoms with Crippen LogP contribution in [0.5, 0.6) is 0 Å². The van der Waals surface area contributed by atoms with Crippen LogP contribution < -0.4 is 0 Å². The summed E-state index contributed by atoms with van der Waals surface area (Å²) in [5.41, 5.74) is -0.534. The molecular weight excluding hydrogens is 307 g/mol. The van der Waals surface area contributed by atoms with Crippen molar-refractivity contribution in [2.45, 2.75) is 63.2 Å². The second-order valence-electron chi connectivity index (χ2n) is 5.46. The monoisotopic (exact) mass is 332 g/mol. The first-order valence-corrected chi connectivity index (χ1v) is 8.85. The number of carbonyl (C=O) groups excluding carboxylic acids is 1. The molecule has 0 aromatic carbocycles. The van der Waals surface area contributed by atoms with Crippen molar-refractivity contribution in [3.8, 4) is 0 Å². The quantitative estimate of drug-likeness (QED) is 0.399. The summed E-state index contributed by atoms with van der Waals surface area (Å²) in [6, 6.07) is 0. The molecule has 2 atom stereocenters. The van der Waals surface area contributed by atoms with Crippen molar-refractivity contribution < 1.29 is 19.4 Å². The van der Waals surface area contributed by atoms with Gasteiger partial charge >= 0.3 is 122 Å². The summed E-state index contributed by atoms with van der Waals surface area (Å²) >= 11 is -1.26. The van der Waals surface area contributed by atoms with Gasteiger partial charge in [-0.25, -0.2) is 0 Å². The molecule has 110 valence electrons. The van der Waals surface area contributed by atoms with Crippen LogP contribution in [0.1, 0.15) is 52.9 Å². The predicted molar refractivity (Wildman–Crippen MR) is 78.1 cm³/mol. The summed E-state index contributed by atoms with van der Waals surface area (Å²) in [7, 11) is 0. The first kappa shape index (κ1) is 18.2. The Balaban J connectivity index is 4.08. The molecule has 19 heavy (non-hydrogen) atoms. The molecule has 0 spiro atoms. The topological polar surface area (TPSA) is 63.6 Å². The third-order valence-electron chi connectivity index (χ3n) is 2.39. The SMILES string of the molecule is C=CCCCCC[C@H]([AsH]C(=O)OC(C)(C)C)C(=O)O. The number of unbranched alkanes of at least 4 members (excludes halogenated alkanes) is 3. The minimum atomic E-state index is -1.26. The van der Waals surface area contributed by atoms with Gasteiger partial charge in [-0.2, -0.15) is 0 Å². The van der Waals surface area contributed by atoms with Crippen molar-refractivity contribution in [1.29, 1.82) is 0 Å². The van der Waals surface area contributed by atoms with Crippen molar-refractivity contribution in [2.75, 3.05) is 0 Å². The van der Waals surface area contributed by atoms with E-state index in [0.717, 1.165) is 25.7 Å². The van der Waals surface area contributed by atoms with E-state index in [-0.39, 0.29) is 4.76 Å². The van der Waals surface area contributed by atoms with Gasteiger partial charge in [0.05, 0.1) is 0 Å². The van der Waals surface area contributed by atoms with Gasteiger partial charge in [-0.05, 0) is 0 Å². The number of carbonyl (C=O) groups is 2. The van der Waals surface area contributed by atoms with E-state index in [1.165, 1.54) is 0 Å². The molecule has 1 N–H and O–H groups in total. The van der Waals surface area contributed by atoms with Gasteiger partial charge in [0.1, 0.15) is 0 Å². The summed E-state index contributed by atoms with van der Waals surface area (Å²) in [4.78, 5) is 22.8. The standard InChI is InChI=1S/C14H25AsO4/c1-5-6-7-8-9-10-11(12(16)17)15-13(18)19-14(2,3)4/h5,11,15H,1,6-10H2,2-4H3,(H,16,17)/t11-/m0/s1. The van der Waals surface area contributed by atoms with E-state index in [0.29, 0.717) is 6.42 Å². The van der Waals surface area contributed by atoms with Gasteiger partial charge in [0.2, 0.25) is 0 Å². The zero-order chi connectivity index (χ0) is 14.9. The van der Waals surface area contributed by atoms with Gasteiger partial charge in [-0.1, -0.05) is 0 Å². The maximum atomic E-state index is 11.7. The second-order valence-corrected chi connectivity index (χ2v) is 8.39. The van der Waals surface area contributed by atoms with Gasteiger partial charge in [0.25, 0.3) is 0 Å². The fourth-order valence-corrected chi connectivity index (χ4v) is 3.87. The van der Waals surface area contributed by atoms with Crippen molar-refractivity contribution in [2.24, 2.45) is 0 Å². The van der Waals surface area contributed by atoms with E-state index in [2.05, 4.69) is 6.58 Å². The fourth-order valence-electron chi connectivity index (χ4n) is 1.52. The number of aliphatic carboxylic acids is 1. The number of hydrogen-bond acceptors (Lipinski definition) is 3. The third kappa shape index (κ3) is 10.8. The van der Waals surface area contributed by atoms with E-state index in [1.807, 2.05) is 6.08 Å². The number of rotatable bonds is 9. The Hall–Kier alpha value is -0.762. The zero-order valence-corrected chi connectivity index (χ0v) is 14.2. The normalized spacial score (nSPS) is 13.4. The zero-order valence-electron chi connectivity index (χ0n) is 12.1. The maximum absolute atomic E-state index is 11.7. The molecule has 0 aromatic rings. The molecule has 0 radical (unpaired) electrons. The summed E-state index contributed by atoms with van der Waals surface area (Å²) in [6.45, 7) is 9.03. The van der Waals surface area contributed by atoms with E-state index in [4.69, 9.17) is 9.84 Å². The van der Waals surface area contributed by atoms with Crippen LogP contribution in [0.2, 0.25) is 4.71 Å². The van der Waals surface area contributed by atoms with Crippen LogP contribution in [-0.2, 0) is 9.53 Å². The summed E-state index contributed by atoms with van der Waals surface area (Å²) in [5.74, 6) is -0.866. The van der Waals surface area contributed by atoms with E-state index >= 15 is 0 Å². The van der Waals surface area contributed by atoms with Crippen molar-refractivity contribution in [3.63, 3.8) is 0 Å². The van der Waals surface area contributed by atoms with Crippen molar-refractivity contribution >= 4 is 26.5 Å². The summed E-state index contributed by atoms with van der Waals surface area (Å²) < 4.78 is 4.37. The summed E-state index contributed by atoms with van der Waals surface area (Å²) in [6.07, 6.45) is 6.25. The Kier molecular flexibility index (Phi) is 8.82. The van der Waals surface area contributed by atoms with Gasteiger partial charge in [0.15, 0.2) is 0 Å². The number of carboxylic acid groups (broad SMARTS) is 1. The van der Waals surface area contributed by atoms with Crippen LogP contribution in [0, 0.1) is 0 Å². The second kappa shape index (κ2) is 9.19. The van der Waals surface area contributed by atoms with Crippen molar-refractivity contribution in [3.05, 3.63) is 12.7 Å². The number of allylic oxidation sites excluding steroid dienone is 1. The molecule has 4 nitrogen and oxygen atoms in total. The average molecular weight is 332 g/mol. The van der Waals surface area contributed by atoms with Crippen LogP contribution in [0.15, 0.2) is 12.7 Å². The molecular formula is C14H25AsO4. The molecule has 5 heteroatoms. The molecule has 0 bridgehead atoms. The fraction of sp³-hybridized carbons (Fsp3) is 0.714. The molecule has 0 aliphatic rings. The van der Waals surface area contributed by atoms with Crippen LogP contribution in [0.3, 0.4) is 0 Å². The molecule has 0 heterocycles. The minimum absolute atomic E-state index is 0.314. The Bertz CT molecular complexity index is 307. The Morgan fingerprint density at radius 2 is 1.95 bits per heavy atom. The first-order chi connectivity index (χ1) is 8.76. The molecule has 0 aliphatic heterocycles. The van der Waals surface area contributed by atoms with E-state index in [9.17, 15) is 9.59 Å². The molecule has 0 rings (SSSR count). The van der Waals surface area contributed by atoms with Crippen LogP contribution in [-0.4, -0.2) is 37.2 Å². The van der Waals surface area contributed by atoms with Crippen LogP contribution in [0.4, 0.5) is 4.79 Å². The molecule has 0 amide bonds. The van der Waals surface area contributed by atoms with E-state index in [1.54, 1.807) is 20.8 Å². The predicted octanol–water partition coefficient (Wildman–Crippen LogP) is 3.37. The molecule has 0 aliphatic carbocycles. The summed E-state index contributed by atoms with van der Waals surface area (Å²) in [5, 5.41) is 9.13. The van der Waals surface area contributed by atoms with Gasteiger partial charge in [-0.3, -0.25) is 0 Å². The number of carboxylic acids is 1. The average Bonchev–Trinajstić information content (AvgIpc) is 2.24. The molecule has 1 unspecified atom stereocenters. The van der Waals surface area contributed by atoms with Crippen LogP contribution in [0.25, 0.3) is 0 Å². The van der Waals surface area contributed by atoms with Gasteiger partial charge < -0.3 is 0 Å². The Morgan fingerprint density at radius 3 is 2.42 bits per heavy atom. The molecule has 0 fully saturated rings. The van der Waals surface area contributed by atoms with E-state index < -0.39 is 32.0 Å². The van der Waals surface area contributed by atoms with Crippen LogP contribution >= 0.6 is 0 Å². The van der Waals surface area contributed by atoms with Gasteiger partial charge in [0, 0.05) is 0 Å². The van der Waals surface area contributed by atoms with Crippen molar-refractivity contribution in [1.82, 2.24) is 0 Å². The molecule has 0 aromatic heterocycles.